The fourth-order valence-corrected chi connectivity index (χ4v) is 1.13. The van der Waals surface area contributed by atoms with Crippen LogP contribution >= 0.6 is 0 Å². The molecule has 0 saturated heterocycles. The van der Waals surface area contributed by atoms with E-state index in [0.717, 1.165) is 0 Å². The van der Waals surface area contributed by atoms with E-state index in [-0.39, 0.29) is 0 Å². The molecule has 0 amide bonds. The molecule has 2 aromatic rings. The van der Waals surface area contributed by atoms with Crippen LogP contribution in [0.1, 0.15) is 20.8 Å². The van der Waals surface area contributed by atoms with Gasteiger partial charge in [0, 0.05) is 0 Å². The van der Waals surface area contributed by atoms with Gasteiger partial charge < -0.3 is 0 Å². The summed E-state index contributed by atoms with van der Waals surface area (Å²) < 4.78 is 0.639. The molecule has 0 atom stereocenters. The number of hydrogen-bond donors (Lipinski definition) is 0. The van der Waals surface area contributed by atoms with Crippen LogP contribution < -0.4 is 0 Å². The normalized spacial score (nSPS) is 10.7. The van der Waals surface area contributed by atoms with Crippen LogP contribution in [0, 0.1) is 0 Å². The predicted octanol–water partition coefficient (Wildman–Crippen LogP) is 4.21. The van der Waals surface area contributed by atoms with E-state index in [9.17, 15) is 0 Å². The van der Waals surface area contributed by atoms with E-state index in [4.69, 9.17) is 0 Å². The van der Waals surface area contributed by atoms with Gasteiger partial charge in [-0.05, 0) is 10.8 Å². The van der Waals surface area contributed by atoms with Crippen molar-refractivity contribution in [1.29, 1.82) is 0 Å². The number of fused-ring (bicyclic) bond motifs is 1. The van der Waals surface area contributed by atoms with E-state index in [0.29, 0.717) is 2.66 Å². The molecular weight excluding hydrogens is 191 g/mol. The molecule has 0 nitrogen and oxygen atoms in total. The van der Waals surface area contributed by atoms with E-state index in [2.05, 4.69) is 69.3 Å². The van der Waals surface area contributed by atoms with Crippen molar-refractivity contribution in [3.05, 3.63) is 48.5 Å². The second-order valence-electron chi connectivity index (χ2n) is 5.35. The standard InChI is InChI=1S/C10H8.C4H9.Na/c1-2-6-10-8-4-3-7-9(10)5-1;1-4(2)3;/h1-8H;1-3H3;. The van der Waals surface area contributed by atoms with E-state index in [1.54, 1.807) is 0 Å². The number of hydrogen-bond acceptors (Lipinski definition) is 0. The Morgan fingerprint density at radius 1 is 0.733 bits per heavy atom. The Balaban J connectivity index is 0.000000195. The molecular formula is C14H17Na. The molecule has 74 valence electrons. The van der Waals surface area contributed by atoms with E-state index >= 15 is 0 Å². The molecule has 0 bridgehead atoms. The zero-order chi connectivity index (χ0) is 11.3. The molecule has 0 aliphatic carbocycles. The minimum absolute atomic E-state index is 0.639. The number of benzene rings is 2. The zero-order valence-corrected chi connectivity index (χ0v) is 12.1. The quantitative estimate of drug-likeness (QED) is 0.569. The average Bonchev–Trinajstić information content (AvgIpc) is 2.16. The zero-order valence-electron chi connectivity index (χ0n) is 10.1. The molecule has 0 saturated carbocycles. The summed E-state index contributed by atoms with van der Waals surface area (Å²) in [5.74, 6) is 0. The first-order valence-corrected chi connectivity index (χ1v) is 6.40. The summed E-state index contributed by atoms with van der Waals surface area (Å²) in [7, 11) is 0. The van der Waals surface area contributed by atoms with Gasteiger partial charge in [-0.1, -0.05) is 48.5 Å². The average molecular weight is 208 g/mol. The maximum absolute atomic E-state index is 2.25. The van der Waals surface area contributed by atoms with Gasteiger partial charge in [0.1, 0.15) is 0 Å². The minimum atomic E-state index is 0.639. The Morgan fingerprint density at radius 3 is 1.13 bits per heavy atom. The van der Waals surface area contributed by atoms with Gasteiger partial charge in [0.2, 0.25) is 0 Å². The van der Waals surface area contributed by atoms with Crippen molar-refractivity contribution in [3.63, 3.8) is 0 Å². The second-order valence-corrected chi connectivity index (χ2v) is 8.35. The third-order valence-corrected chi connectivity index (χ3v) is 1.66. The summed E-state index contributed by atoms with van der Waals surface area (Å²) in [6.45, 7) is 6.75. The second kappa shape index (κ2) is 5.69. The SMILES string of the molecule is C[C](C)(C)[Na].c1ccc2ccccc2c1. The van der Waals surface area contributed by atoms with Crippen molar-refractivity contribution in [3.8, 4) is 0 Å². The molecule has 0 radical (unpaired) electrons. The molecule has 0 spiro atoms. The van der Waals surface area contributed by atoms with Crippen molar-refractivity contribution in [2.75, 3.05) is 0 Å². The first-order valence-electron chi connectivity index (χ1n) is 5.40. The molecule has 0 N–H and O–H groups in total. The Morgan fingerprint density at radius 2 is 0.933 bits per heavy atom. The molecule has 1 heteroatoms. The molecule has 0 heterocycles. The monoisotopic (exact) mass is 208 g/mol. The predicted molar refractivity (Wildman–Crippen MR) is 69.4 cm³/mol. The van der Waals surface area contributed by atoms with Crippen molar-refractivity contribution in [1.82, 2.24) is 0 Å². The first kappa shape index (κ1) is 12.8. The van der Waals surface area contributed by atoms with Crippen LogP contribution in [-0.4, -0.2) is 27.9 Å². The summed E-state index contributed by atoms with van der Waals surface area (Å²) in [6, 6.07) is 16.7. The van der Waals surface area contributed by atoms with Gasteiger partial charge in [0.25, 0.3) is 0 Å². The Kier molecular flexibility index (Phi) is 4.85. The van der Waals surface area contributed by atoms with E-state index in [1.807, 2.05) is 0 Å². The molecule has 0 aromatic heterocycles. The molecule has 0 unspecified atom stereocenters. The topological polar surface area (TPSA) is 0 Å². The van der Waals surface area contributed by atoms with Crippen LogP contribution in [0.4, 0.5) is 0 Å². The third kappa shape index (κ3) is 5.99. The van der Waals surface area contributed by atoms with Gasteiger partial charge in [-0.3, -0.25) is 0 Å². The van der Waals surface area contributed by atoms with Crippen LogP contribution in [0.15, 0.2) is 48.5 Å². The first-order chi connectivity index (χ1) is 6.97. The molecule has 0 fully saturated rings. The van der Waals surface area contributed by atoms with Crippen molar-refractivity contribution >= 4 is 38.7 Å². The largest absolute Gasteiger partial charge is 0.0616 e. The fourth-order valence-electron chi connectivity index (χ4n) is 1.13. The summed E-state index contributed by atoms with van der Waals surface area (Å²) in [5.41, 5.74) is 0. The molecule has 0 aliphatic rings. The summed E-state index contributed by atoms with van der Waals surface area (Å²) in [6.07, 6.45) is 0. The van der Waals surface area contributed by atoms with Gasteiger partial charge in [0.15, 0.2) is 0 Å². The molecule has 0 aliphatic heterocycles. The van der Waals surface area contributed by atoms with Crippen LogP contribution in [-0.2, 0) is 0 Å². The van der Waals surface area contributed by atoms with Gasteiger partial charge in [0.05, 0.1) is 0 Å². The van der Waals surface area contributed by atoms with Gasteiger partial charge in [-0.15, -0.1) is 0 Å². The van der Waals surface area contributed by atoms with Crippen LogP contribution in [0.2, 0.25) is 2.66 Å². The number of rotatable bonds is 0. The van der Waals surface area contributed by atoms with Crippen LogP contribution in [0.5, 0.6) is 0 Å². The maximum atomic E-state index is 2.25. The molecule has 15 heavy (non-hydrogen) atoms. The minimum Gasteiger partial charge on any atom is -0.0616 e. The fraction of sp³-hybridized carbons (Fsp3) is 0.286. The van der Waals surface area contributed by atoms with Crippen molar-refractivity contribution in [2.45, 2.75) is 23.4 Å². The Labute approximate surface area is 110 Å². The van der Waals surface area contributed by atoms with Gasteiger partial charge in [-0.2, -0.15) is 0 Å². The molecule has 2 aromatic carbocycles. The summed E-state index contributed by atoms with van der Waals surface area (Å²) in [4.78, 5) is 0. The summed E-state index contributed by atoms with van der Waals surface area (Å²) in [5, 5.41) is 2.62. The van der Waals surface area contributed by atoms with Crippen LogP contribution in [0.25, 0.3) is 10.8 Å². The van der Waals surface area contributed by atoms with E-state index in [1.165, 1.54) is 38.7 Å². The molecule has 2 rings (SSSR count). The van der Waals surface area contributed by atoms with Crippen molar-refractivity contribution in [2.24, 2.45) is 0 Å². The smallest absolute Gasteiger partial charge is 0.0184 e. The summed E-state index contributed by atoms with van der Waals surface area (Å²) >= 11 is 1.31. The van der Waals surface area contributed by atoms with E-state index < -0.39 is 0 Å². The van der Waals surface area contributed by atoms with Crippen molar-refractivity contribution < 1.29 is 0 Å². The Hall–Kier alpha value is -0.300. The van der Waals surface area contributed by atoms with Gasteiger partial charge >= 0.3 is 51.4 Å². The maximum Gasteiger partial charge on any atom is -0.0184 e. The van der Waals surface area contributed by atoms with Gasteiger partial charge in [-0.25, -0.2) is 0 Å². The Bertz CT molecular complexity index is 341. The third-order valence-electron chi connectivity index (χ3n) is 1.66. The van der Waals surface area contributed by atoms with Crippen LogP contribution in [0.3, 0.4) is 0 Å².